The standard InChI is InChI=1S/C21H30N2O4/c1-3-5-9-14(4-2)12-16(21(26)27)18-20(25)22-17(19(24)23-18)13-15-10-7-6-8-11-15/h6-8,10-11,14,16-18H,3-5,9,12-13H2,1-2H3,(H,22,25)(H,23,24)(H,26,27). The van der Waals surface area contributed by atoms with E-state index in [2.05, 4.69) is 17.6 Å². The molecule has 2 rings (SSSR count). The lowest BCUT2D eigenvalue weighted by atomic mass is 9.83. The Kier molecular flexibility index (Phi) is 7.82. The monoisotopic (exact) mass is 374 g/mol. The molecular formula is C21H30N2O4. The van der Waals surface area contributed by atoms with Crippen molar-refractivity contribution in [3.8, 4) is 0 Å². The fourth-order valence-electron chi connectivity index (χ4n) is 3.64. The number of hydrogen-bond donors (Lipinski definition) is 3. The molecule has 3 N–H and O–H groups in total. The zero-order valence-corrected chi connectivity index (χ0v) is 16.1. The van der Waals surface area contributed by atoms with E-state index < -0.39 is 29.9 Å². The first-order valence-electron chi connectivity index (χ1n) is 9.83. The molecule has 1 saturated heterocycles. The van der Waals surface area contributed by atoms with Crippen molar-refractivity contribution in [2.24, 2.45) is 11.8 Å². The number of hydrogen-bond acceptors (Lipinski definition) is 3. The second-order valence-corrected chi connectivity index (χ2v) is 7.33. The summed E-state index contributed by atoms with van der Waals surface area (Å²) in [6, 6.07) is 7.74. The van der Waals surface area contributed by atoms with Crippen LogP contribution in [0, 0.1) is 11.8 Å². The van der Waals surface area contributed by atoms with Gasteiger partial charge in [-0.1, -0.05) is 69.9 Å². The fourth-order valence-corrected chi connectivity index (χ4v) is 3.64. The van der Waals surface area contributed by atoms with Crippen molar-refractivity contribution < 1.29 is 19.5 Å². The molecule has 0 bridgehead atoms. The van der Waals surface area contributed by atoms with Crippen LogP contribution < -0.4 is 10.6 Å². The molecule has 0 radical (unpaired) electrons. The molecule has 6 nitrogen and oxygen atoms in total. The summed E-state index contributed by atoms with van der Waals surface area (Å²) in [5.74, 6) is -2.44. The van der Waals surface area contributed by atoms with E-state index in [9.17, 15) is 19.5 Å². The summed E-state index contributed by atoms with van der Waals surface area (Å²) in [6.45, 7) is 4.14. The van der Waals surface area contributed by atoms with Crippen molar-refractivity contribution in [1.29, 1.82) is 0 Å². The van der Waals surface area contributed by atoms with Crippen molar-refractivity contribution in [2.75, 3.05) is 0 Å². The Morgan fingerprint density at radius 1 is 1.11 bits per heavy atom. The van der Waals surface area contributed by atoms with E-state index in [1.165, 1.54) is 0 Å². The zero-order chi connectivity index (χ0) is 19.8. The maximum Gasteiger partial charge on any atom is 0.309 e. The molecule has 0 spiro atoms. The van der Waals surface area contributed by atoms with Crippen LogP contribution in [0.25, 0.3) is 0 Å². The van der Waals surface area contributed by atoms with Gasteiger partial charge in [0.1, 0.15) is 12.1 Å². The molecular weight excluding hydrogens is 344 g/mol. The average Bonchev–Trinajstić information content (AvgIpc) is 2.65. The number of amides is 2. The van der Waals surface area contributed by atoms with Crippen molar-refractivity contribution in [3.05, 3.63) is 35.9 Å². The molecule has 2 amide bonds. The molecule has 27 heavy (non-hydrogen) atoms. The first-order valence-corrected chi connectivity index (χ1v) is 9.83. The highest BCUT2D eigenvalue weighted by molar-refractivity contribution is 5.99. The zero-order valence-electron chi connectivity index (χ0n) is 16.1. The van der Waals surface area contributed by atoms with Gasteiger partial charge in [0.15, 0.2) is 0 Å². The molecule has 0 aliphatic carbocycles. The minimum Gasteiger partial charge on any atom is -0.481 e. The van der Waals surface area contributed by atoms with E-state index in [0.29, 0.717) is 12.8 Å². The number of rotatable bonds is 10. The van der Waals surface area contributed by atoms with Crippen LogP contribution in [0.5, 0.6) is 0 Å². The Labute approximate surface area is 160 Å². The van der Waals surface area contributed by atoms with Crippen LogP contribution in [0.15, 0.2) is 30.3 Å². The summed E-state index contributed by atoms with van der Waals surface area (Å²) in [5, 5.41) is 15.1. The third kappa shape index (κ3) is 5.81. The van der Waals surface area contributed by atoms with Gasteiger partial charge in [-0.15, -0.1) is 0 Å². The molecule has 148 valence electrons. The van der Waals surface area contributed by atoms with Crippen LogP contribution in [0.4, 0.5) is 0 Å². The average molecular weight is 374 g/mol. The Morgan fingerprint density at radius 3 is 2.41 bits per heavy atom. The van der Waals surface area contributed by atoms with Gasteiger partial charge in [0.25, 0.3) is 0 Å². The molecule has 0 aromatic heterocycles. The summed E-state index contributed by atoms with van der Waals surface area (Å²) in [5.41, 5.74) is 0.941. The van der Waals surface area contributed by atoms with Crippen molar-refractivity contribution in [2.45, 2.75) is 64.5 Å². The topological polar surface area (TPSA) is 95.5 Å². The number of benzene rings is 1. The van der Waals surface area contributed by atoms with Crippen LogP contribution in [-0.4, -0.2) is 35.0 Å². The first kappa shape index (κ1) is 20.9. The molecule has 1 aromatic carbocycles. The maximum atomic E-state index is 12.6. The molecule has 6 heteroatoms. The number of piperazine rings is 1. The Hall–Kier alpha value is -2.37. The molecule has 1 aliphatic rings. The number of unbranched alkanes of at least 4 members (excludes halogenated alkanes) is 1. The minimum atomic E-state index is -1.04. The number of carboxylic acids is 1. The first-order chi connectivity index (χ1) is 13.0. The number of carboxylic acid groups (broad SMARTS) is 1. The van der Waals surface area contributed by atoms with Crippen LogP contribution in [0.3, 0.4) is 0 Å². The Balaban J connectivity index is 2.05. The number of carbonyl (C=O) groups is 3. The highest BCUT2D eigenvalue weighted by Gasteiger charge is 2.41. The van der Waals surface area contributed by atoms with E-state index in [1.54, 1.807) is 0 Å². The van der Waals surface area contributed by atoms with E-state index in [0.717, 1.165) is 31.2 Å². The molecule has 0 saturated carbocycles. The van der Waals surface area contributed by atoms with Crippen LogP contribution in [0.1, 0.15) is 51.5 Å². The Morgan fingerprint density at radius 2 is 1.81 bits per heavy atom. The van der Waals surface area contributed by atoms with E-state index >= 15 is 0 Å². The lowest BCUT2D eigenvalue weighted by Gasteiger charge is -2.34. The van der Waals surface area contributed by atoms with E-state index in [-0.39, 0.29) is 11.8 Å². The molecule has 4 unspecified atom stereocenters. The summed E-state index contributed by atoms with van der Waals surface area (Å²) in [4.78, 5) is 36.9. The van der Waals surface area contributed by atoms with Crippen LogP contribution >= 0.6 is 0 Å². The van der Waals surface area contributed by atoms with E-state index in [4.69, 9.17) is 0 Å². The predicted octanol–water partition coefficient (Wildman–Crippen LogP) is 2.52. The van der Waals surface area contributed by atoms with Gasteiger partial charge in [0.05, 0.1) is 5.92 Å². The van der Waals surface area contributed by atoms with Gasteiger partial charge in [-0.05, 0) is 17.9 Å². The Bertz CT molecular complexity index is 647. The van der Waals surface area contributed by atoms with Gasteiger partial charge in [0.2, 0.25) is 11.8 Å². The molecule has 1 heterocycles. The number of nitrogens with one attached hydrogen (secondary N) is 2. The largest absolute Gasteiger partial charge is 0.481 e. The predicted molar refractivity (Wildman–Crippen MR) is 103 cm³/mol. The summed E-state index contributed by atoms with van der Waals surface area (Å²) in [6.07, 6.45) is 4.67. The second-order valence-electron chi connectivity index (χ2n) is 7.33. The summed E-state index contributed by atoms with van der Waals surface area (Å²) < 4.78 is 0. The lowest BCUT2D eigenvalue weighted by Crippen LogP contribution is -2.65. The van der Waals surface area contributed by atoms with Gasteiger partial charge < -0.3 is 15.7 Å². The number of carbonyl (C=O) groups excluding carboxylic acids is 2. The molecule has 1 fully saturated rings. The van der Waals surface area contributed by atoms with Crippen molar-refractivity contribution in [1.82, 2.24) is 10.6 Å². The lowest BCUT2D eigenvalue weighted by molar-refractivity contribution is -0.149. The quantitative estimate of drug-likeness (QED) is 0.586. The fraction of sp³-hybridized carbons (Fsp3) is 0.571. The summed E-state index contributed by atoms with van der Waals surface area (Å²) in [7, 11) is 0. The van der Waals surface area contributed by atoms with Gasteiger partial charge in [-0.2, -0.15) is 0 Å². The minimum absolute atomic E-state index is 0.234. The number of aliphatic carboxylic acids is 1. The third-order valence-electron chi connectivity index (χ3n) is 5.35. The molecule has 4 atom stereocenters. The maximum absolute atomic E-state index is 12.6. The highest BCUT2D eigenvalue weighted by Crippen LogP contribution is 2.25. The van der Waals surface area contributed by atoms with Gasteiger partial charge in [0, 0.05) is 6.42 Å². The highest BCUT2D eigenvalue weighted by atomic mass is 16.4. The second kappa shape index (κ2) is 10.1. The van der Waals surface area contributed by atoms with Gasteiger partial charge >= 0.3 is 5.97 Å². The van der Waals surface area contributed by atoms with E-state index in [1.807, 2.05) is 37.3 Å². The third-order valence-corrected chi connectivity index (χ3v) is 5.35. The van der Waals surface area contributed by atoms with Gasteiger partial charge in [-0.3, -0.25) is 14.4 Å². The SMILES string of the molecule is CCCCC(CC)CC(C(=O)O)C1NC(=O)C(Cc2ccccc2)NC1=O. The van der Waals surface area contributed by atoms with Gasteiger partial charge in [-0.25, -0.2) is 0 Å². The molecule has 1 aromatic rings. The smallest absolute Gasteiger partial charge is 0.309 e. The van der Waals surface area contributed by atoms with Crippen molar-refractivity contribution >= 4 is 17.8 Å². The normalized spacial score (nSPS) is 21.9. The van der Waals surface area contributed by atoms with Crippen molar-refractivity contribution in [3.63, 3.8) is 0 Å². The van der Waals surface area contributed by atoms with Crippen LogP contribution in [-0.2, 0) is 20.8 Å². The molecule has 1 aliphatic heterocycles. The summed E-state index contributed by atoms with van der Waals surface area (Å²) >= 11 is 0. The van der Waals surface area contributed by atoms with Crippen LogP contribution in [0.2, 0.25) is 0 Å².